The number of halogens is 3. The molecule has 0 amide bonds. The van der Waals surface area contributed by atoms with E-state index in [0.717, 1.165) is 60.7 Å². The predicted molar refractivity (Wildman–Crippen MR) is 105 cm³/mol. The summed E-state index contributed by atoms with van der Waals surface area (Å²) in [6, 6.07) is 17.5. The molecule has 150 valence electrons. The largest absolute Gasteiger partial charge is 0.416 e. The summed E-state index contributed by atoms with van der Waals surface area (Å²) < 4.78 is 38.2. The second-order valence-corrected chi connectivity index (χ2v) is 7.37. The highest BCUT2D eigenvalue weighted by Crippen LogP contribution is 2.32. The van der Waals surface area contributed by atoms with Crippen molar-refractivity contribution in [3.63, 3.8) is 0 Å². The normalized spacial score (nSPS) is 17.6. The molecule has 1 unspecified atom stereocenters. The first-order chi connectivity index (χ1) is 14.0. The quantitative estimate of drug-likeness (QED) is 0.575. The minimum absolute atomic E-state index is 0.240. The van der Waals surface area contributed by atoms with Gasteiger partial charge in [-0.2, -0.15) is 13.2 Å². The van der Waals surface area contributed by atoms with Crippen LogP contribution in [0.3, 0.4) is 0 Å². The minimum atomic E-state index is -4.31. The Balaban J connectivity index is 1.48. The van der Waals surface area contributed by atoms with Crippen molar-refractivity contribution in [3.05, 3.63) is 95.1 Å². The molecule has 0 spiro atoms. The van der Waals surface area contributed by atoms with Crippen molar-refractivity contribution in [3.8, 4) is 0 Å². The Labute approximate surface area is 168 Å². The van der Waals surface area contributed by atoms with Crippen molar-refractivity contribution in [1.29, 1.82) is 0 Å². The van der Waals surface area contributed by atoms with Gasteiger partial charge in [-0.15, -0.1) is 0 Å². The zero-order valence-electron chi connectivity index (χ0n) is 15.9. The third-order valence-corrected chi connectivity index (χ3v) is 5.29. The van der Waals surface area contributed by atoms with Crippen molar-refractivity contribution in [2.45, 2.75) is 38.0 Å². The van der Waals surface area contributed by atoms with Gasteiger partial charge in [-0.3, -0.25) is 14.9 Å². The van der Waals surface area contributed by atoms with E-state index in [1.807, 2.05) is 42.6 Å². The van der Waals surface area contributed by atoms with E-state index in [0.29, 0.717) is 6.42 Å². The van der Waals surface area contributed by atoms with Gasteiger partial charge in [-0.1, -0.05) is 24.3 Å². The fourth-order valence-corrected chi connectivity index (χ4v) is 3.85. The molecule has 6 heteroatoms. The molecule has 0 aliphatic carbocycles. The molecule has 0 N–H and O–H groups in total. The van der Waals surface area contributed by atoms with Crippen LogP contribution in [-0.4, -0.2) is 21.4 Å². The lowest BCUT2D eigenvalue weighted by Gasteiger charge is -2.24. The van der Waals surface area contributed by atoms with Crippen LogP contribution in [0, 0.1) is 0 Å². The van der Waals surface area contributed by atoms with Gasteiger partial charge in [0.15, 0.2) is 0 Å². The highest BCUT2D eigenvalue weighted by atomic mass is 19.4. The molecule has 3 nitrogen and oxygen atoms in total. The smallest absolute Gasteiger partial charge is 0.289 e. The Morgan fingerprint density at radius 1 is 0.931 bits per heavy atom. The molecule has 1 saturated heterocycles. The molecule has 29 heavy (non-hydrogen) atoms. The van der Waals surface area contributed by atoms with Crippen molar-refractivity contribution in [2.75, 3.05) is 6.54 Å². The monoisotopic (exact) mass is 397 g/mol. The fraction of sp³-hybridized carbons (Fsp3) is 0.304. The standard InChI is InChI=1S/C23H22F3N3/c24-23(25,26)18-11-9-17(10-12-18)15-19-6-3-7-21(28-19)22-8-4-14-29(22)16-20-5-1-2-13-27-20/h1-3,5-7,9-13,22H,4,8,14-16H2. The van der Waals surface area contributed by atoms with Crippen LogP contribution >= 0.6 is 0 Å². The molecule has 3 heterocycles. The van der Waals surface area contributed by atoms with E-state index in [2.05, 4.69) is 9.88 Å². The average Bonchev–Trinajstić information content (AvgIpc) is 3.17. The van der Waals surface area contributed by atoms with Crippen LogP contribution in [0.1, 0.15) is 47.1 Å². The van der Waals surface area contributed by atoms with Crippen LogP contribution in [0.2, 0.25) is 0 Å². The number of hydrogen-bond donors (Lipinski definition) is 0. The van der Waals surface area contributed by atoms with Crippen LogP contribution in [0.5, 0.6) is 0 Å². The van der Waals surface area contributed by atoms with Crippen molar-refractivity contribution >= 4 is 0 Å². The van der Waals surface area contributed by atoms with Gasteiger partial charge in [0.05, 0.1) is 23.0 Å². The molecule has 0 bridgehead atoms. The predicted octanol–water partition coefficient (Wildman–Crippen LogP) is 5.42. The second kappa shape index (κ2) is 8.33. The maximum atomic E-state index is 12.7. The van der Waals surface area contributed by atoms with Gasteiger partial charge >= 0.3 is 6.18 Å². The highest BCUT2D eigenvalue weighted by Gasteiger charge is 2.30. The lowest BCUT2D eigenvalue weighted by Crippen LogP contribution is -2.24. The number of benzene rings is 1. The number of likely N-dealkylation sites (tertiary alicyclic amines) is 1. The number of pyridine rings is 2. The summed E-state index contributed by atoms with van der Waals surface area (Å²) in [6.07, 6.45) is 0.171. The van der Waals surface area contributed by atoms with Crippen LogP contribution in [0.25, 0.3) is 0 Å². The van der Waals surface area contributed by atoms with Gasteiger partial charge in [-0.25, -0.2) is 0 Å². The van der Waals surface area contributed by atoms with Crippen molar-refractivity contribution in [2.24, 2.45) is 0 Å². The molecule has 0 saturated carbocycles. The lowest BCUT2D eigenvalue weighted by molar-refractivity contribution is -0.137. The summed E-state index contributed by atoms with van der Waals surface area (Å²) in [7, 11) is 0. The zero-order valence-corrected chi connectivity index (χ0v) is 15.9. The van der Waals surface area contributed by atoms with E-state index < -0.39 is 11.7 Å². The maximum absolute atomic E-state index is 12.7. The Bertz CT molecular complexity index is 940. The Morgan fingerprint density at radius 2 is 1.72 bits per heavy atom. The molecule has 2 aromatic heterocycles. The first-order valence-corrected chi connectivity index (χ1v) is 9.75. The summed E-state index contributed by atoms with van der Waals surface area (Å²) >= 11 is 0. The number of rotatable bonds is 5. The number of aromatic nitrogens is 2. The number of hydrogen-bond acceptors (Lipinski definition) is 3. The first-order valence-electron chi connectivity index (χ1n) is 9.75. The Kier molecular flexibility index (Phi) is 5.62. The van der Waals surface area contributed by atoms with Crippen molar-refractivity contribution in [1.82, 2.24) is 14.9 Å². The average molecular weight is 397 g/mol. The van der Waals surface area contributed by atoms with Gasteiger partial charge in [-0.05, 0) is 61.3 Å². The molecule has 1 aliphatic heterocycles. The Morgan fingerprint density at radius 3 is 2.45 bits per heavy atom. The van der Waals surface area contributed by atoms with E-state index in [-0.39, 0.29) is 6.04 Å². The molecule has 1 fully saturated rings. The number of alkyl halides is 3. The Hall–Kier alpha value is -2.73. The molecular weight excluding hydrogens is 375 g/mol. The van der Waals surface area contributed by atoms with Gasteiger partial charge in [0, 0.05) is 24.9 Å². The molecule has 0 radical (unpaired) electrons. The van der Waals surface area contributed by atoms with Gasteiger partial charge < -0.3 is 0 Å². The van der Waals surface area contributed by atoms with E-state index >= 15 is 0 Å². The topological polar surface area (TPSA) is 29.0 Å². The fourth-order valence-electron chi connectivity index (χ4n) is 3.85. The highest BCUT2D eigenvalue weighted by molar-refractivity contribution is 5.28. The van der Waals surface area contributed by atoms with E-state index in [4.69, 9.17) is 4.98 Å². The molecule has 1 aromatic carbocycles. The molecule has 1 aliphatic rings. The van der Waals surface area contributed by atoms with Crippen LogP contribution in [0.15, 0.2) is 66.9 Å². The number of nitrogens with zero attached hydrogens (tertiary/aromatic N) is 3. The SMILES string of the molecule is FC(F)(F)c1ccc(Cc2cccc(C3CCCN3Cc3ccccn3)n2)cc1. The molecule has 1 atom stereocenters. The van der Waals surface area contributed by atoms with E-state index in [9.17, 15) is 13.2 Å². The first kappa shape index (κ1) is 19.6. The van der Waals surface area contributed by atoms with Gasteiger partial charge in [0.2, 0.25) is 0 Å². The summed E-state index contributed by atoms with van der Waals surface area (Å²) in [5.41, 5.74) is 3.12. The maximum Gasteiger partial charge on any atom is 0.416 e. The van der Waals surface area contributed by atoms with Gasteiger partial charge in [0.1, 0.15) is 0 Å². The third-order valence-electron chi connectivity index (χ3n) is 5.29. The van der Waals surface area contributed by atoms with Crippen LogP contribution < -0.4 is 0 Å². The zero-order chi connectivity index (χ0) is 20.3. The summed E-state index contributed by atoms with van der Waals surface area (Å²) in [5.74, 6) is 0. The van der Waals surface area contributed by atoms with E-state index in [1.165, 1.54) is 12.1 Å². The van der Waals surface area contributed by atoms with Gasteiger partial charge in [0.25, 0.3) is 0 Å². The van der Waals surface area contributed by atoms with E-state index in [1.54, 1.807) is 0 Å². The summed E-state index contributed by atoms with van der Waals surface area (Å²) in [4.78, 5) is 11.7. The molecule has 3 aromatic rings. The molecule has 4 rings (SSSR count). The minimum Gasteiger partial charge on any atom is -0.289 e. The third kappa shape index (κ3) is 4.82. The lowest BCUT2D eigenvalue weighted by atomic mass is 10.1. The van der Waals surface area contributed by atoms with Crippen molar-refractivity contribution < 1.29 is 13.2 Å². The summed E-state index contributed by atoms with van der Waals surface area (Å²) in [6.45, 7) is 1.79. The molecular formula is C23H22F3N3. The second-order valence-electron chi connectivity index (χ2n) is 7.37. The van der Waals surface area contributed by atoms with Crippen LogP contribution in [0.4, 0.5) is 13.2 Å². The van der Waals surface area contributed by atoms with Crippen LogP contribution in [-0.2, 0) is 19.1 Å². The summed E-state index contributed by atoms with van der Waals surface area (Å²) in [5, 5.41) is 0.